The molecular formula is C21H18BrN5O. The van der Waals surface area contributed by atoms with Crippen molar-refractivity contribution in [3.63, 3.8) is 0 Å². The topological polar surface area (TPSA) is 67.9 Å². The fourth-order valence-corrected chi connectivity index (χ4v) is 4.31. The van der Waals surface area contributed by atoms with E-state index in [2.05, 4.69) is 55.0 Å². The van der Waals surface area contributed by atoms with E-state index in [-0.39, 0.29) is 6.04 Å². The van der Waals surface area contributed by atoms with E-state index >= 15 is 0 Å². The van der Waals surface area contributed by atoms with Crippen LogP contribution in [0.4, 0.5) is 5.82 Å². The maximum Gasteiger partial charge on any atom is 0.249 e. The van der Waals surface area contributed by atoms with Gasteiger partial charge in [-0.05, 0) is 43.5 Å². The summed E-state index contributed by atoms with van der Waals surface area (Å²) in [6.07, 6.45) is 3.64. The van der Waals surface area contributed by atoms with Crippen LogP contribution in [0.15, 0.2) is 57.8 Å². The number of para-hydroxylation sites is 1. The second-order valence-electron chi connectivity index (χ2n) is 6.96. The number of halogens is 1. The minimum Gasteiger partial charge on any atom is -0.344 e. The van der Waals surface area contributed by atoms with Crippen molar-refractivity contribution in [1.29, 1.82) is 0 Å². The second kappa shape index (κ2) is 6.98. The van der Waals surface area contributed by atoms with Gasteiger partial charge in [-0.15, -0.1) is 0 Å². The maximum atomic E-state index is 5.68. The van der Waals surface area contributed by atoms with Gasteiger partial charge in [0.05, 0.1) is 5.52 Å². The summed E-state index contributed by atoms with van der Waals surface area (Å²) >= 11 is 3.56. The van der Waals surface area contributed by atoms with Gasteiger partial charge in [0.1, 0.15) is 18.2 Å². The van der Waals surface area contributed by atoms with Crippen LogP contribution in [0.5, 0.6) is 0 Å². The Balaban J connectivity index is 1.54. The summed E-state index contributed by atoms with van der Waals surface area (Å²) in [7, 11) is 0. The molecule has 0 saturated carbocycles. The van der Waals surface area contributed by atoms with Gasteiger partial charge in [-0.3, -0.25) is 0 Å². The first kappa shape index (κ1) is 17.3. The van der Waals surface area contributed by atoms with Gasteiger partial charge in [-0.25, -0.2) is 9.97 Å². The van der Waals surface area contributed by atoms with Crippen LogP contribution in [0.25, 0.3) is 22.3 Å². The highest BCUT2D eigenvalue weighted by Gasteiger charge is 2.33. The number of nitrogens with zero attached hydrogens (tertiary/aromatic N) is 5. The molecule has 0 spiro atoms. The lowest BCUT2D eigenvalue weighted by atomic mass is 10.1. The van der Waals surface area contributed by atoms with Gasteiger partial charge in [0, 0.05) is 22.0 Å². The highest BCUT2D eigenvalue weighted by atomic mass is 79.9. The van der Waals surface area contributed by atoms with Crippen molar-refractivity contribution in [1.82, 2.24) is 20.1 Å². The number of hydrogen-bond acceptors (Lipinski definition) is 6. The SMILES string of the molecule is Cc1cccc2c(N3CCCC3c3nc(-c4ccccc4Br)no3)ncnc12. The first-order valence-electron chi connectivity index (χ1n) is 9.28. The van der Waals surface area contributed by atoms with Gasteiger partial charge >= 0.3 is 0 Å². The predicted molar refractivity (Wildman–Crippen MR) is 111 cm³/mol. The minimum atomic E-state index is 0.0161. The average Bonchev–Trinajstić information content (AvgIpc) is 3.38. The lowest BCUT2D eigenvalue weighted by molar-refractivity contribution is 0.355. The van der Waals surface area contributed by atoms with Crippen molar-refractivity contribution < 1.29 is 4.52 Å². The summed E-state index contributed by atoms with van der Waals surface area (Å²) in [5.74, 6) is 2.15. The zero-order chi connectivity index (χ0) is 19.1. The van der Waals surface area contributed by atoms with Crippen molar-refractivity contribution >= 4 is 32.7 Å². The van der Waals surface area contributed by atoms with E-state index in [1.54, 1.807) is 6.33 Å². The molecule has 7 heteroatoms. The normalized spacial score (nSPS) is 16.8. The van der Waals surface area contributed by atoms with E-state index in [1.165, 1.54) is 0 Å². The number of benzene rings is 2. The second-order valence-corrected chi connectivity index (χ2v) is 7.81. The summed E-state index contributed by atoms with van der Waals surface area (Å²) in [6.45, 7) is 2.97. The Bertz CT molecular complexity index is 1160. The van der Waals surface area contributed by atoms with Crippen molar-refractivity contribution in [2.24, 2.45) is 0 Å². The Morgan fingerprint density at radius 1 is 1.11 bits per heavy atom. The van der Waals surface area contributed by atoms with Crippen molar-refractivity contribution in [3.8, 4) is 11.4 Å². The summed E-state index contributed by atoms with van der Waals surface area (Å²) in [5, 5.41) is 5.28. The Kier molecular flexibility index (Phi) is 4.31. The van der Waals surface area contributed by atoms with Gasteiger partial charge in [-0.1, -0.05) is 45.4 Å². The van der Waals surface area contributed by atoms with Crippen LogP contribution in [-0.2, 0) is 0 Å². The summed E-state index contributed by atoms with van der Waals surface area (Å²) in [4.78, 5) is 16.0. The molecule has 2 aromatic carbocycles. The maximum absolute atomic E-state index is 5.68. The lowest BCUT2D eigenvalue weighted by Gasteiger charge is -2.24. The molecule has 0 bridgehead atoms. The molecule has 0 radical (unpaired) electrons. The van der Waals surface area contributed by atoms with Gasteiger partial charge < -0.3 is 9.42 Å². The highest BCUT2D eigenvalue weighted by Crippen LogP contribution is 2.38. The average molecular weight is 436 g/mol. The van der Waals surface area contributed by atoms with Crippen LogP contribution in [0.1, 0.15) is 30.3 Å². The molecule has 1 aliphatic rings. The molecule has 5 rings (SSSR count). The molecule has 0 amide bonds. The van der Waals surface area contributed by atoms with Crippen LogP contribution in [0.2, 0.25) is 0 Å². The van der Waals surface area contributed by atoms with Crippen LogP contribution in [0.3, 0.4) is 0 Å². The van der Waals surface area contributed by atoms with Crippen molar-refractivity contribution in [3.05, 3.63) is 64.7 Å². The fraction of sp³-hybridized carbons (Fsp3) is 0.238. The van der Waals surface area contributed by atoms with Gasteiger partial charge in [0.15, 0.2) is 0 Å². The zero-order valence-electron chi connectivity index (χ0n) is 15.3. The van der Waals surface area contributed by atoms with Gasteiger partial charge in [0.25, 0.3) is 0 Å². The third-order valence-electron chi connectivity index (χ3n) is 5.21. The monoisotopic (exact) mass is 435 g/mol. The molecule has 4 aromatic rings. The van der Waals surface area contributed by atoms with E-state index in [4.69, 9.17) is 9.51 Å². The molecular weight excluding hydrogens is 418 g/mol. The number of aromatic nitrogens is 4. The van der Waals surface area contributed by atoms with Crippen LogP contribution < -0.4 is 4.90 Å². The fourth-order valence-electron chi connectivity index (χ4n) is 3.85. The third-order valence-corrected chi connectivity index (χ3v) is 5.90. The predicted octanol–water partition coefficient (Wildman–Crippen LogP) is 5.09. The molecule has 3 heterocycles. The van der Waals surface area contributed by atoms with Crippen LogP contribution in [0, 0.1) is 6.92 Å². The number of aryl methyl sites for hydroxylation is 1. The number of hydrogen-bond donors (Lipinski definition) is 0. The summed E-state index contributed by atoms with van der Waals surface area (Å²) in [5.41, 5.74) is 3.05. The van der Waals surface area contributed by atoms with E-state index < -0.39 is 0 Å². The van der Waals surface area contributed by atoms with Gasteiger partial charge in [-0.2, -0.15) is 4.98 Å². The van der Waals surface area contributed by atoms with Crippen molar-refractivity contribution in [2.75, 3.05) is 11.4 Å². The van der Waals surface area contributed by atoms with Crippen molar-refractivity contribution in [2.45, 2.75) is 25.8 Å². The Hall–Kier alpha value is -2.80. The quantitative estimate of drug-likeness (QED) is 0.446. The first-order valence-corrected chi connectivity index (χ1v) is 10.1. The summed E-state index contributed by atoms with van der Waals surface area (Å²) in [6, 6.07) is 14.1. The Labute approximate surface area is 170 Å². The van der Waals surface area contributed by atoms with E-state index in [0.717, 1.165) is 51.7 Å². The van der Waals surface area contributed by atoms with E-state index in [9.17, 15) is 0 Å². The third kappa shape index (κ3) is 2.86. The molecule has 1 aliphatic heterocycles. The van der Waals surface area contributed by atoms with Gasteiger partial charge in [0.2, 0.25) is 11.7 Å². The molecule has 0 aliphatic carbocycles. The van der Waals surface area contributed by atoms with Crippen LogP contribution in [-0.4, -0.2) is 26.7 Å². The molecule has 6 nitrogen and oxygen atoms in total. The molecule has 1 fully saturated rings. The molecule has 0 N–H and O–H groups in total. The number of rotatable bonds is 3. The van der Waals surface area contributed by atoms with Crippen LogP contribution >= 0.6 is 15.9 Å². The molecule has 1 saturated heterocycles. The summed E-state index contributed by atoms with van der Waals surface area (Å²) < 4.78 is 6.63. The minimum absolute atomic E-state index is 0.0161. The Morgan fingerprint density at radius 2 is 2.00 bits per heavy atom. The molecule has 1 atom stereocenters. The van der Waals surface area contributed by atoms with E-state index in [1.807, 2.05) is 30.3 Å². The number of fused-ring (bicyclic) bond motifs is 1. The smallest absolute Gasteiger partial charge is 0.249 e. The highest BCUT2D eigenvalue weighted by molar-refractivity contribution is 9.10. The standard InChI is InChI=1S/C21H18BrN5O/c1-13-6-4-8-15-18(13)23-12-24-20(15)27-11-5-10-17(27)21-25-19(26-28-21)14-7-2-3-9-16(14)22/h2-4,6-9,12,17H,5,10-11H2,1H3. The first-order chi connectivity index (χ1) is 13.7. The zero-order valence-corrected chi connectivity index (χ0v) is 16.9. The molecule has 1 unspecified atom stereocenters. The molecule has 2 aromatic heterocycles. The largest absolute Gasteiger partial charge is 0.344 e. The Morgan fingerprint density at radius 3 is 2.89 bits per heavy atom. The lowest BCUT2D eigenvalue weighted by Crippen LogP contribution is -2.24. The van der Waals surface area contributed by atoms with E-state index in [0.29, 0.717) is 11.7 Å². The molecule has 140 valence electrons. The number of anilines is 1. The molecule has 28 heavy (non-hydrogen) atoms.